The fourth-order valence-corrected chi connectivity index (χ4v) is 2.97. The van der Waals surface area contributed by atoms with Gasteiger partial charge in [-0.25, -0.2) is 0 Å². The molecule has 154 valence electrons. The summed E-state index contributed by atoms with van der Waals surface area (Å²) in [7, 11) is 1.37. The number of para-hydroxylation sites is 1. The van der Waals surface area contributed by atoms with Gasteiger partial charge in [-0.2, -0.15) is 0 Å². The van der Waals surface area contributed by atoms with Crippen LogP contribution in [0.1, 0.15) is 0 Å². The Morgan fingerprint density at radius 3 is 2.63 bits per heavy atom. The molecule has 0 fully saturated rings. The minimum Gasteiger partial charge on any atom is -0.495 e. The Morgan fingerprint density at radius 2 is 1.93 bits per heavy atom. The van der Waals surface area contributed by atoms with Gasteiger partial charge in [0.1, 0.15) is 11.3 Å². The van der Waals surface area contributed by atoms with Gasteiger partial charge in [0.05, 0.1) is 28.4 Å². The summed E-state index contributed by atoms with van der Waals surface area (Å²) in [5.74, 6) is -0.435. The summed E-state index contributed by atoms with van der Waals surface area (Å²) >= 11 is 0.905. The quantitative estimate of drug-likeness (QED) is 0.318. The fraction of sp³-hybridized carbons (Fsp3) is 0.118. The first-order chi connectivity index (χ1) is 14.4. The van der Waals surface area contributed by atoms with Crippen molar-refractivity contribution in [1.29, 1.82) is 0 Å². The summed E-state index contributed by atoms with van der Waals surface area (Å²) in [4.78, 5) is 33.1. The van der Waals surface area contributed by atoms with Gasteiger partial charge in [-0.3, -0.25) is 25.0 Å². The standard InChI is InChI=1S/C17H13N5O7S/c1-28-14-7-6-10(21(24)25)8-12(14)18-15(23)9-30-17-20-19-16(29-17)11-4-2-3-5-13(11)22(26)27/h2-8H,9H2,1H3,(H,18,23). The summed E-state index contributed by atoms with van der Waals surface area (Å²) in [5.41, 5.74) is -0.0889. The van der Waals surface area contributed by atoms with Crippen LogP contribution in [0.3, 0.4) is 0 Å². The number of anilines is 1. The van der Waals surface area contributed by atoms with E-state index < -0.39 is 15.8 Å². The van der Waals surface area contributed by atoms with Crippen molar-refractivity contribution in [3.63, 3.8) is 0 Å². The minimum absolute atomic E-state index is 0.0318. The van der Waals surface area contributed by atoms with Gasteiger partial charge in [0, 0.05) is 18.2 Å². The number of amides is 1. The smallest absolute Gasteiger partial charge is 0.282 e. The number of hydrogen-bond acceptors (Lipinski definition) is 10. The van der Waals surface area contributed by atoms with Crippen molar-refractivity contribution in [2.24, 2.45) is 0 Å². The normalized spacial score (nSPS) is 10.4. The molecule has 0 aliphatic carbocycles. The van der Waals surface area contributed by atoms with Gasteiger partial charge in [0.25, 0.3) is 22.5 Å². The van der Waals surface area contributed by atoms with Crippen molar-refractivity contribution in [3.05, 3.63) is 62.7 Å². The highest BCUT2D eigenvalue weighted by Gasteiger charge is 2.20. The molecule has 0 saturated carbocycles. The second-order valence-electron chi connectivity index (χ2n) is 5.63. The lowest BCUT2D eigenvalue weighted by Gasteiger charge is -2.09. The summed E-state index contributed by atoms with van der Waals surface area (Å²) in [5, 5.41) is 32.1. The van der Waals surface area contributed by atoms with Gasteiger partial charge in [-0.15, -0.1) is 10.2 Å². The van der Waals surface area contributed by atoms with Crippen LogP contribution in [0.15, 0.2) is 52.1 Å². The van der Waals surface area contributed by atoms with Crippen molar-refractivity contribution in [2.75, 3.05) is 18.2 Å². The lowest BCUT2D eigenvalue weighted by molar-refractivity contribution is -0.384. The van der Waals surface area contributed by atoms with Crippen LogP contribution in [-0.4, -0.2) is 38.8 Å². The highest BCUT2D eigenvalue weighted by atomic mass is 32.2. The molecule has 0 bridgehead atoms. The third-order valence-electron chi connectivity index (χ3n) is 3.73. The van der Waals surface area contributed by atoms with E-state index in [4.69, 9.17) is 9.15 Å². The molecule has 13 heteroatoms. The van der Waals surface area contributed by atoms with Crippen LogP contribution in [0.5, 0.6) is 5.75 Å². The summed E-state index contributed by atoms with van der Waals surface area (Å²) in [6.45, 7) is 0. The number of carbonyl (C=O) groups is 1. The molecule has 1 N–H and O–H groups in total. The Kier molecular flexibility index (Phi) is 6.22. The molecule has 0 unspecified atom stereocenters. The van der Waals surface area contributed by atoms with E-state index in [0.29, 0.717) is 0 Å². The van der Waals surface area contributed by atoms with E-state index >= 15 is 0 Å². The number of thioether (sulfide) groups is 1. The maximum atomic E-state index is 12.2. The van der Waals surface area contributed by atoms with Crippen LogP contribution in [0.25, 0.3) is 11.5 Å². The van der Waals surface area contributed by atoms with Gasteiger partial charge >= 0.3 is 0 Å². The number of nitrogens with zero attached hydrogens (tertiary/aromatic N) is 4. The van der Waals surface area contributed by atoms with Crippen molar-refractivity contribution < 1.29 is 23.8 Å². The topological polar surface area (TPSA) is 164 Å². The number of ether oxygens (including phenoxy) is 1. The van der Waals surface area contributed by atoms with Crippen LogP contribution in [0.2, 0.25) is 0 Å². The molecule has 1 amide bonds. The minimum atomic E-state index is -0.591. The van der Waals surface area contributed by atoms with E-state index in [1.54, 1.807) is 6.07 Å². The van der Waals surface area contributed by atoms with E-state index in [1.165, 1.54) is 43.5 Å². The monoisotopic (exact) mass is 431 g/mol. The number of rotatable bonds is 8. The van der Waals surface area contributed by atoms with Gasteiger partial charge in [0.2, 0.25) is 5.91 Å². The number of nitro benzene ring substituents is 2. The molecule has 0 aliphatic heterocycles. The molecule has 3 rings (SSSR count). The molecule has 0 aliphatic rings. The van der Waals surface area contributed by atoms with E-state index in [9.17, 15) is 25.0 Å². The maximum absolute atomic E-state index is 12.2. The number of non-ortho nitro benzene ring substituents is 1. The van der Waals surface area contributed by atoms with Crippen molar-refractivity contribution in [2.45, 2.75) is 5.22 Å². The van der Waals surface area contributed by atoms with Crippen molar-refractivity contribution in [1.82, 2.24) is 10.2 Å². The van der Waals surface area contributed by atoms with Crippen molar-refractivity contribution >= 4 is 34.7 Å². The lowest BCUT2D eigenvalue weighted by atomic mass is 10.2. The van der Waals surface area contributed by atoms with Crippen LogP contribution in [-0.2, 0) is 4.79 Å². The van der Waals surface area contributed by atoms with Crippen LogP contribution in [0.4, 0.5) is 17.1 Å². The number of methoxy groups -OCH3 is 1. The third kappa shape index (κ3) is 4.70. The first-order valence-electron chi connectivity index (χ1n) is 8.21. The zero-order valence-corrected chi connectivity index (χ0v) is 16.1. The van der Waals surface area contributed by atoms with Gasteiger partial charge in [-0.1, -0.05) is 23.9 Å². The first kappa shape index (κ1) is 20.7. The highest BCUT2D eigenvalue weighted by molar-refractivity contribution is 7.99. The largest absolute Gasteiger partial charge is 0.495 e. The molecule has 1 aromatic heterocycles. The molecule has 2 aromatic carbocycles. The maximum Gasteiger partial charge on any atom is 0.282 e. The van der Waals surface area contributed by atoms with Crippen LogP contribution < -0.4 is 10.1 Å². The molecule has 1 heterocycles. The molecule has 0 saturated heterocycles. The first-order valence-corrected chi connectivity index (χ1v) is 9.20. The molecule has 12 nitrogen and oxygen atoms in total. The van der Waals surface area contributed by atoms with Crippen LogP contribution in [0, 0.1) is 20.2 Å². The highest BCUT2D eigenvalue weighted by Crippen LogP contribution is 2.31. The van der Waals surface area contributed by atoms with E-state index in [1.807, 2.05) is 0 Å². The predicted octanol–water partition coefficient (Wildman–Crippen LogP) is 3.29. The Balaban J connectivity index is 1.68. The zero-order valence-electron chi connectivity index (χ0n) is 15.3. The molecule has 3 aromatic rings. The molecule has 30 heavy (non-hydrogen) atoms. The predicted molar refractivity (Wildman–Crippen MR) is 105 cm³/mol. The Labute approximate surface area is 172 Å². The van der Waals surface area contributed by atoms with E-state index in [2.05, 4.69) is 15.5 Å². The average molecular weight is 431 g/mol. The fourth-order valence-electron chi connectivity index (χ4n) is 2.41. The molecular weight excluding hydrogens is 418 g/mol. The second kappa shape index (κ2) is 9.00. The van der Waals surface area contributed by atoms with E-state index in [-0.39, 0.29) is 45.2 Å². The lowest BCUT2D eigenvalue weighted by Crippen LogP contribution is -2.14. The van der Waals surface area contributed by atoms with Crippen molar-refractivity contribution in [3.8, 4) is 17.2 Å². The number of hydrogen-bond donors (Lipinski definition) is 1. The molecular formula is C17H13N5O7S. The van der Waals surface area contributed by atoms with E-state index in [0.717, 1.165) is 11.8 Å². The third-order valence-corrected chi connectivity index (χ3v) is 4.55. The molecule has 0 atom stereocenters. The van der Waals surface area contributed by atoms with Gasteiger partial charge < -0.3 is 14.5 Å². The Hall–Kier alpha value is -4.00. The number of nitrogens with one attached hydrogen (secondary N) is 1. The summed E-state index contributed by atoms with van der Waals surface area (Å²) in [6.07, 6.45) is 0. The Bertz CT molecular complexity index is 1120. The average Bonchev–Trinajstić information content (AvgIpc) is 3.21. The molecule has 0 radical (unpaired) electrons. The van der Waals surface area contributed by atoms with Gasteiger partial charge in [0.15, 0.2) is 0 Å². The molecule has 0 spiro atoms. The number of carbonyl (C=O) groups excluding carboxylic acids is 1. The SMILES string of the molecule is COc1ccc([N+](=O)[O-])cc1NC(=O)CSc1nnc(-c2ccccc2[N+](=O)[O-])o1. The Morgan fingerprint density at radius 1 is 1.17 bits per heavy atom. The number of aromatic nitrogens is 2. The van der Waals surface area contributed by atoms with Crippen LogP contribution >= 0.6 is 11.8 Å². The summed E-state index contributed by atoms with van der Waals surface area (Å²) in [6, 6.07) is 9.71. The zero-order chi connectivity index (χ0) is 21.7. The summed E-state index contributed by atoms with van der Waals surface area (Å²) < 4.78 is 10.5. The van der Waals surface area contributed by atoms with Gasteiger partial charge in [-0.05, 0) is 12.1 Å². The number of nitro groups is 2. The second-order valence-corrected chi connectivity index (χ2v) is 6.55. The number of benzene rings is 2.